The molecule has 0 saturated heterocycles. The van der Waals surface area contributed by atoms with E-state index in [2.05, 4.69) is 34.7 Å². The predicted molar refractivity (Wildman–Crippen MR) is 126 cm³/mol. The third kappa shape index (κ3) is 5.82. The summed E-state index contributed by atoms with van der Waals surface area (Å²) in [4.78, 5) is 15.8. The fourth-order valence-electron chi connectivity index (χ4n) is 4.57. The van der Waals surface area contributed by atoms with Crippen LogP contribution in [0.2, 0.25) is 0 Å². The van der Waals surface area contributed by atoms with Crippen molar-refractivity contribution in [1.82, 2.24) is 10.3 Å². The van der Waals surface area contributed by atoms with Crippen molar-refractivity contribution >= 4 is 11.5 Å². The Hall–Kier alpha value is -3.12. The van der Waals surface area contributed by atoms with E-state index in [-0.39, 0.29) is 41.7 Å². The van der Waals surface area contributed by atoms with Crippen LogP contribution in [0.25, 0.3) is 0 Å². The number of aromatic nitrogens is 1. The van der Waals surface area contributed by atoms with Crippen molar-refractivity contribution < 1.29 is 13.6 Å². The van der Waals surface area contributed by atoms with E-state index < -0.39 is 0 Å². The number of Topliss-reactive ketones (excluding diaryl/α,β-unsaturated/α-hetero) is 1. The molecule has 172 valence electrons. The minimum absolute atomic E-state index is 0.0139. The zero-order valence-corrected chi connectivity index (χ0v) is 18.9. The standard InChI is InChI=1S/C27H29F2N3O/c1-17(21-9-19(8-18(2)33)10-23(28)11-21)14-32-27(20-6-4-3-5-7-20)22-12-25-26(30-15-22)13-24(29)16-31-25/h3-7,9-11,13,16-17,22,27,30,32H,8,12,14-15H2,1-2H3/t17-,22-,27-/m1/s1. The lowest BCUT2D eigenvalue weighted by Gasteiger charge is -2.33. The van der Waals surface area contributed by atoms with Crippen LogP contribution in [-0.2, 0) is 17.6 Å². The van der Waals surface area contributed by atoms with E-state index in [4.69, 9.17) is 0 Å². The average Bonchev–Trinajstić information content (AvgIpc) is 2.79. The molecule has 2 aromatic carbocycles. The Morgan fingerprint density at radius 2 is 1.91 bits per heavy atom. The summed E-state index contributed by atoms with van der Waals surface area (Å²) in [5.74, 6) is -0.383. The number of nitrogens with zero attached hydrogens (tertiary/aromatic N) is 1. The molecular formula is C27H29F2N3O. The van der Waals surface area contributed by atoms with E-state index in [1.807, 2.05) is 24.3 Å². The Balaban J connectivity index is 1.52. The van der Waals surface area contributed by atoms with Crippen LogP contribution in [0, 0.1) is 17.6 Å². The number of halogens is 2. The van der Waals surface area contributed by atoms with Crippen molar-refractivity contribution in [2.75, 3.05) is 18.4 Å². The third-order valence-corrected chi connectivity index (χ3v) is 6.22. The van der Waals surface area contributed by atoms with Crippen molar-refractivity contribution in [3.05, 3.63) is 94.8 Å². The van der Waals surface area contributed by atoms with Gasteiger partial charge in [-0.1, -0.05) is 43.3 Å². The van der Waals surface area contributed by atoms with Gasteiger partial charge in [0.05, 0.1) is 17.6 Å². The number of fused-ring (bicyclic) bond motifs is 1. The molecule has 0 radical (unpaired) electrons. The highest BCUT2D eigenvalue weighted by Gasteiger charge is 2.28. The fourth-order valence-corrected chi connectivity index (χ4v) is 4.57. The van der Waals surface area contributed by atoms with Crippen LogP contribution in [-0.4, -0.2) is 23.9 Å². The SMILES string of the molecule is CC(=O)Cc1cc(F)cc([C@H](C)CN[C@H](c2ccccc2)[C@H]2CNc3cc(F)cnc3C2)c1. The third-order valence-electron chi connectivity index (χ3n) is 6.22. The molecule has 2 N–H and O–H groups in total. The van der Waals surface area contributed by atoms with Gasteiger partial charge in [-0.2, -0.15) is 0 Å². The number of ketones is 1. The second-order valence-corrected chi connectivity index (χ2v) is 8.96. The van der Waals surface area contributed by atoms with Crippen molar-refractivity contribution in [2.24, 2.45) is 5.92 Å². The zero-order chi connectivity index (χ0) is 23.4. The molecule has 4 nitrogen and oxygen atoms in total. The first-order valence-electron chi connectivity index (χ1n) is 11.3. The summed E-state index contributed by atoms with van der Waals surface area (Å²) in [5.41, 5.74) is 4.36. The number of carbonyl (C=O) groups is 1. The van der Waals surface area contributed by atoms with Crippen LogP contribution in [0.15, 0.2) is 60.8 Å². The maximum Gasteiger partial charge on any atom is 0.143 e. The molecule has 33 heavy (non-hydrogen) atoms. The monoisotopic (exact) mass is 449 g/mol. The Bertz CT molecular complexity index is 1120. The van der Waals surface area contributed by atoms with E-state index >= 15 is 0 Å². The van der Waals surface area contributed by atoms with Crippen molar-refractivity contribution in [3.8, 4) is 0 Å². The zero-order valence-electron chi connectivity index (χ0n) is 18.9. The molecular weight excluding hydrogens is 420 g/mol. The van der Waals surface area contributed by atoms with Gasteiger partial charge in [-0.3, -0.25) is 9.78 Å². The molecule has 1 aliphatic heterocycles. The molecule has 0 amide bonds. The molecule has 0 fully saturated rings. The van der Waals surface area contributed by atoms with E-state index in [9.17, 15) is 13.6 Å². The van der Waals surface area contributed by atoms with Crippen molar-refractivity contribution in [2.45, 2.75) is 38.6 Å². The van der Waals surface area contributed by atoms with Gasteiger partial charge < -0.3 is 10.6 Å². The maximum atomic E-state index is 14.2. The molecule has 0 aliphatic carbocycles. The van der Waals surface area contributed by atoms with Gasteiger partial charge in [-0.05, 0) is 48.1 Å². The number of nitrogens with one attached hydrogen (secondary N) is 2. The van der Waals surface area contributed by atoms with Crippen LogP contribution >= 0.6 is 0 Å². The van der Waals surface area contributed by atoms with Gasteiger partial charge in [0.15, 0.2) is 0 Å². The summed E-state index contributed by atoms with van der Waals surface area (Å²) >= 11 is 0. The van der Waals surface area contributed by atoms with Gasteiger partial charge in [-0.25, -0.2) is 8.78 Å². The van der Waals surface area contributed by atoms with Gasteiger partial charge in [0.1, 0.15) is 17.4 Å². The Morgan fingerprint density at radius 3 is 2.67 bits per heavy atom. The van der Waals surface area contributed by atoms with E-state index in [0.29, 0.717) is 18.7 Å². The molecule has 1 aromatic heterocycles. The lowest BCUT2D eigenvalue weighted by atomic mass is 9.86. The first kappa shape index (κ1) is 23.1. The predicted octanol–water partition coefficient (Wildman–Crippen LogP) is 5.21. The number of hydrogen-bond donors (Lipinski definition) is 2. The van der Waals surface area contributed by atoms with Crippen LogP contribution in [0.4, 0.5) is 14.5 Å². The lowest BCUT2D eigenvalue weighted by molar-refractivity contribution is -0.116. The molecule has 0 unspecified atom stereocenters. The Kier molecular flexibility index (Phi) is 7.14. The number of carbonyl (C=O) groups excluding carboxylic acids is 1. The van der Waals surface area contributed by atoms with Crippen LogP contribution in [0.1, 0.15) is 48.2 Å². The summed E-state index contributed by atoms with van der Waals surface area (Å²) < 4.78 is 27.7. The number of rotatable bonds is 8. The van der Waals surface area contributed by atoms with Gasteiger partial charge in [0, 0.05) is 37.5 Å². The maximum absolute atomic E-state index is 14.2. The first-order chi connectivity index (χ1) is 15.9. The lowest BCUT2D eigenvalue weighted by Crippen LogP contribution is -2.37. The molecule has 0 bridgehead atoms. The molecule has 4 rings (SSSR count). The van der Waals surface area contributed by atoms with Crippen molar-refractivity contribution in [1.29, 1.82) is 0 Å². The van der Waals surface area contributed by atoms with Crippen LogP contribution in [0.3, 0.4) is 0 Å². The first-order valence-corrected chi connectivity index (χ1v) is 11.3. The normalized spacial score (nSPS) is 17.0. The summed E-state index contributed by atoms with van der Waals surface area (Å²) in [6.45, 7) is 4.91. The van der Waals surface area contributed by atoms with Gasteiger partial charge in [0.2, 0.25) is 0 Å². The number of hydrogen-bond acceptors (Lipinski definition) is 4. The number of benzene rings is 2. The highest BCUT2D eigenvalue weighted by atomic mass is 19.1. The van der Waals surface area contributed by atoms with Gasteiger partial charge >= 0.3 is 0 Å². The number of anilines is 1. The van der Waals surface area contributed by atoms with E-state index in [0.717, 1.165) is 23.4 Å². The minimum Gasteiger partial charge on any atom is -0.383 e. The fraction of sp³-hybridized carbons (Fsp3) is 0.333. The largest absolute Gasteiger partial charge is 0.383 e. The smallest absolute Gasteiger partial charge is 0.143 e. The van der Waals surface area contributed by atoms with E-state index in [1.165, 1.54) is 30.8 Å². The average molecular weight is 450 g/mol. The second kappa shape index (κ2) is 10.2. The topological polar surface area (TPSA) is 54.0 Å². The van der Waals surface area contributed by atoms with Crippen molar-refractivity contribution in [3.63, 3.8) is 0 Å². The molecule has 6 heteroatoms. The summed E-state index contributed by atoms with van der Waals surface area (Å²) in [5, 5.41) is 7.03. The summed E-state index contributed by atoms with van der Waals surface area (Å²) in [6, 6.07) is 16.7. The Labute approximate surface area is 193 Å². The van der Waals surface area contributed by atoms with Gasteiger partial charge in [0.25, 0.3) is 0 Å². The van der Waals surface area contributed by atoms with Crippen LogP contribution in [0.5, 0.6) is 0 Å². The Morgan fingerprint density at radius 1 is 1.12 bits per heavy atom. The molecule has 0 spiro atoms. The highest BCUT2D eigenvalue weighted by molar-refractivity contribution is 5.78. The summed E-state index contributed by atoms with van der Waals surface area (Å²) in [7, 11) is 0. The van der Waals surface area contributed by atoms with E-state index in [1.54, 1.807) is 6.07 Å². The quantitative estimate of drug-likeness (QED) is 0.496. The molecule has 3 aromatic rings. The van der Waals surface area contributed by atoms with Crippen LogP contribution < -0.4 is 10.6 Å². The number of pyridine rings is 1. The van der Waals surface area contributed by atoms with Gasteiger partial charge in [-0.15, -0.1) is 0 Å². The molecule has 2 heterocycles. The highest BCUT2D eigenvalue weighted by Crippen LogP contribution is 2.32. The molecule has 1 aliphatic rings. The molecule has 3 atom stereocenters. The summed E-state index contributed by atoms with van der Waals surface area (Å²) in [6.07, 6.45) is 2.23. The minimum atomic E-state index is -0.342. The molecule has 0 saturated carbocycles. The second-order valence-electron chi connectivity index (χ2n) is 8.96.